The molecule has 0 aliphatic heterocycles. The summed E-state index contributed by atoms with van der Waals surface area (Å²) >= 11 is 7.30. The number of hydrogen-bond acceptors (Lipinski definition) is 6. The highest BCUT2D eigenvalue weighted by Crippen LogP contribution is 2.23. The number of esters is 1. The van der Waals surface area contributed by atoms with Crippen LogP contribution in [0.5, 0.6) is 0 Å². The number of halogens is 1. The van der Waals surface area contributed by atoms with Crippen molar-refractivity contribution < 1.29 is 19.2 Å². The van der Waals surface area contributed by atoms with Crippen molar-refractivity contribution in [3.8, 4) is 0 Å². The van der Waals surface area contributed by atoms with Crippen LogP contribution in [0.1, 0.15) is 15.2 Å². The zero-order valence-electron chi connectivity index (χ0n) is 11.7. The van der Waals surface area contributed by atoms with Gasteiger partial charge in [0.2, 0.25) is 0 Å². The Morgan fingerprint density at radius 3 is 2.74 bits per heavy atom. The van der Waals surface area contributed by atoms with Gasteiger partial charge in [-0.05, 0) is 17.5 Å². The molecule has 0 bridgehead atoms. The van der Waals surface area contributed by atoms with Gasteiger partial charge in [0.15, 0.2) is 6.61 Å². The van der Waals surface area contributed by atoms with Gasteiger partial charge in [-0.1, -0.05) is 17.7 Å². The third-order valence-electron chi connectivity index (χ3n) is 2.76. The predicted molar refractivity (Wildman–Crippen MR) is 84.6 cm³/mol. The second kappa shape index (κ2) is 7.70. The first kappa shape index (κ1) is 16.9. The maximum atomic E-state index is 11.8. The summed E-state index contributed by atoms with van der Waals surface area (Å²) in [5.74, 6) is -1.28. The summed E-state index contributed by atoms with van der Waals surface area (Å²) in [5.41, 5.74) is -0.274. The van der Waals surface area contributed by atoms with Gasteiger partial charge in [0.1, 0.15) is 0 Å². The molecule has 1 amide bonds. The summed E-state index contributed by atoms with van der Waals surface area (Å²) in [6.45, 7) is -0.107. The molecule has 0 fully saturated rings. The number of amides is 1. The van der Waals surface area contributed by atoms with E-state index in [4.69, 9.17) is 16.3 Å². The standard InChI is InChI=1S/C14H11ClN2O5S/c15-12-6-9(17(20)21)3-4-11(12)14(19)22-8-13(18)16-7-10-2-1-5-23-10/h1-6H,7-8H2,(H,16,18). The molecule has 0 saturated carbocycles. The van der Waals surface area contributed by atoms with E-state index in [0.29, 0.717) is 6.54 Å². The van der Waals surface area contributed by atoms with E-state index in [0.717, 1.165) is 17.0 Å². The van der Waals surface area contributed by atoms with Crippen LogP contribution in [0, 0.1) is 10.1 Å². The van der Waals surface area contributed by atoms with Crippen LogP contribution < -0.4 is 5.32 Å². The molecule has 0 spiro atoms. The average molecular weight is 355 g/mol. The second-order valence-electron chi connectivity index (χ2n) is 4.35. The van der Waals surface area contributed by atoms with Crippen LogP contribution in [0.4, 0.5) is 5.69 Å². The Morgan fingerprint density at radius 1 is 1.35 bits per heavy atom. The number of benzene rings is 1. The molecule has 2 rings (SSSR count). The number of nitro groups is 1. The summed E-state index contributed by atoms with van der Waals surface area (Å²) in [6.07, 6.45) is 0. The molecule has 1 heterocycles. The summed E-state index contributed by atoms with van der Waals surface area (Å²) in [4.78, 5) is 34.4. The number of nitrogens with one attached hydrogen (secondary N) is 1. The van der Waals surface area contributed by atoms with E-state index in [-0.39, 0.29) is 16.3 Å². The lowest BCUT2D eigenvalue weighted by Crippen LogP contribution is -2.28. The minimum absolute atomic E-state index is 0.0386. The van der Waals surface area contributed by atoms with Gasteiger partial charge >= 0.3 is 5.97 Å². The van der Waals surface area contributed by atoms with E-state index < -0.39 is 23.4 Å². The number of ether oxygens (including phenoxy) is 1. The molecule has 1 aromatic heterocycles. The van der Waals surface area contributed by atoms with Gasteiger partial charge in [-0.25, -0.2) is 4.79 Å². The Morgan fingerprint density at radius 2 is 2.13 bits per heavy atom. The van der Waals surface area contributed by atoms with Crippen molar-refractivity contribution in [1.29, 1.82) is 0 Å². The van der Waals surface area contributed by atoms with Crippen molar-refractivity contribution in [1.82, 2.24) is 5.32 Å². The minimum Gasteiger partial charge on any atom is -0.452 e. The van der Waals surface area contributed by atoms with Gasteiger partial charge in [-0.2, -0.15) is 0 Å². The molecule has 1 N–H and O–H groups in total. The molecule has 120 valence electrons. The predicted octanol–water partition coefficient (Wildman–Crippen LogP) is 2.78. The molecule has 0 radical (unpaired) electrons. The van der Waals surface area contributed by atoms with Crippen molar-refractivity contribution in [2.75, 3.05) is 6.61 Å². The molecule has 7 nitrogen and oxygen atoms in total. The molecule has 1 aromatic carbocycles. The van der Waals surface area contributed by atoms with Gasteiger partial charge in [0.05, 0.1) is 22.1 Å². The summed E-state index contributed by atoms with van der Waals surface area (Å²) in [5, 5.41) is 15.0. The number of non-ortho nitro benzene ring substituents is 1. The van der Waals surface area contributed by atoms with Crippen molar-refractivity contribution in [2.24, 2.45) is 0 Å². The zero-order valence-corrected chi connectivity index (χ0v) is 13.2. The van der Waals surface area contributed by atoms with Gasteiger partial charge < -0.3 is 10.1 Å². The number of nitro benzene ring substituents is 1. The van der Waals surface area contributed by atoms with Crippen molar-refractivity contribution in [2.45, 2.75) is 6.54 Å². The molecule has 0 aliphatic rings. The fourth-order valence-electron chi connectivity index (χ4n) is 1.64. The Kier molecular flexibility index (Phi) is 5.67. The quantitative estimate of drug-likeness (QED) is 0.488. The van der Waals surface area contributed by atoms with Crippen LogP contribution >= 0.6 is 22.9 Å². The molecule has 9 heteroatoms. The van der Waals surface area contributed by atoms with Crippen molar-refractivity contribution in [3.05, 3.63) is 61.3 Å². The first-order chi connectivity index (χ1) is 11.0. The van der Waals surface area contributed by atoms with Crippen LogP contribution in [0.15, 0.2) is 35.7 Å². The maximum absolute atomic E-state index is 11.8. The van der Waals surface area contributed by atoms with E-state index in [1.165, 1.54) is 17.4 Å². The molecular weight excluding hydrogens is 344 g/mol. The zero-order chi connectivity index (χ0) is 16.8. The topological polar surface area (TPSA) is 98.5 Å². The van der Waals surface area contributed by atoms with Gasteiger partial charge in [-0.3, -0.25) is 14.9 Å². The summed E-state index contributed by atoms with van der Waals surface area (Å²) in [7, 11) is 0. The summed E-state index contributed by atoms with van der Waals surface area (Å²) < 4.78 is 4.84. The third-order valence-corrected chi connectivity index (χ3v) is 3.95. The molecule has 0 atom stereocenters. The summed E-state index contributed by atoms with van der Waals surface area (Å²) in [6, 6.07) is 7.11. The largest absolute Gasteiger partial charge is 0.452 e. The molecule has 0 saturated heterocycles. The normalized spacial score (nSPS) is 10.1. The van der Waals surface area contributed by atoms with Crippen LogP contribution in [0.2, 0.25) is 5.02 Å². The molecule has 23 heavy (non-hydrogen) atoms. The fourth-order valence-corrected chi connectivity index (χ4v) is 2.54. The van der Waals surface area contributed by atoms with E-state index in [1.54, 1.807) is 0 Å². The highest BCUT2D eigenvalue weighted by molar-refractivity contribution is 7.09. The lowest BCUT2D eigenvalue weighted by atomic mass is 10.2. The number of carbonyl (C=O) groups is 2. The number of thiophene rings is 1. The van der Waals surface area contributed by atoms with Gasteiger partial charge in [0.25, 0.3) is 11.6 Å². The lowest BCUT2D eigenvalue weighted by Gasteiger charge is -2.07. The average Bonchev–Trinajstić information content (AvgIpc) is 3.03. The van der Waals surface area contributed by atoms with Crippen LogP contribution in [0.3, 0.4) is 0 Å². The number of nitrogens with zero attached hydrogens (tertiary/aromatic N) is 1. The number of rotatable bonds is 6. The highest BCUT2D eigenvalue weighted by Gasteiger charge is 2.17. The minimum atomic E-state index is -0.823. The molecule has 0 unspecified atom stereocenters. The fraction of sp³-hybridized carbons (Fsp3) is 0.143. The molecular formula is C14H11ClN2O5S. The number of carbonyl (C=O) groups excluding carboxylic acids is 2. The lowest BCUT2D eigenvalue weighted by molar-refractivity contribution is -0.384. The molecule has 0 aliphatic carbocycles. The van der Waals surface area contributed by atoms with Crippen LogP contribution in [0.25, 0.3) is 0 Å². The van der Waals surface area contributed by atoms with Gasteiger partial charge in [0, 0.05) is 17.0 Å². The number of hydrogen-bond donors (Lipinski definition) is 1. The van der Waals surface area contributed by atoms with Crippen LogP contribution in [-0.4, -0.2) is 23.4 Å². The maximum Gasteiger partial charge on any atom is 0.340 e. The Hall–Kier alpha value is -2.45. The van der Waals surface area contributed by atoms with E-state index in [2.05, 4.69) is 5.32 Å². The third kappa shape index (κ3) is 4.76. The van der Waals surface area contributed by atoms with E-state index in [9.17, 15) is 19.7 Å². The first-order valence-electron chi connectivity index (χ1n) is 6.37. The Labute approximate surface area is 140 Å². The Bertz CT molecular complexity index is 733. The smallest absolute Gasteiger partial charge is 0.340 e. The monoisotopic (exact) mass is 354 g/mol. The van der Waals surface area contributed by atoms with E-state index >= 15 is 0 Å². The second-order valence-corrected chi connectivity index (χ2v) is 5.79. The Balaban J connectivity index is 1.86. The highest BCUT2D eigenvalue weighted by atomic mass is 35.5. The van der Waals surface area contributed by atoms with Crippen molar-refractivity contribution in [3.63, 3.8) is 0 Å². The first-order valence-corrected chi connectivity index (χ1v) is 7.63. The van der Waals surface area contributed by atoms with Crippen LogP contribution in [-0.2, 0) is 16.1 Å². The van der Waals surface area contributed by atoms with Crippen molar-refractivity contribution >= 4 is 40.5 Å². The van der Waals surface area contributed by atoms with Gasteiger partial charge in [-0.15, -0.1) is 11.3 Å². The SMILES string of the molecule is O=C(COC(=O)c1ccc([N+](=O)[O-])cc1Cl)NCc1cccs1. The van der Waals surface area contributed by atoms with E-state index in [1.807, 2.05) is 17.5 Å². The molecule has 2 aromatic rings.